The van der Waals surface area contributed by atoms with Crippen LogP contribution in [0.5, 0.6) is 0 Å². The van der Waals surface area contributed by atoms with Crippen molar-refractivity contribution in [3.63, 3.8) is 0 Å². The maximum absolute atomic E-state index is 9.70. The van der Waals surface area contributed by atoms with E-state index in [1.54, 1.807) is 0 Å². The number of hydrogen-bond donors (Lipinski definition) is 0. The zero-order chi connectivity index (χ0) is 23.7. The molecule has 2 aromatic rings. The molecule has 7 heteroatoms. The van der Waals surface area contributed by atoms with Crippen LogP contribution >= 0.6 is 0 Å². The van der Waals surface area contributed by atoms with E-state index in [9.17, 15) is 5.26 Å². The molecule has 2 heterocycles. The molecule has 0 saturated carbocycles. The average Bonchev–Trinajstić information content (AvgIpc) is 3.27. The van der Waals surface area contributed by atoms with Gasteiger partial charge in [0.15, 0.2) is 8.32 Å². The summed E-state index contributed by atoms with van der Waals surface area (Å²) in [4.78, 5) is 2.40. The Bertz CT molecular complexity index is 980. The number of anilines is 1. The maximum atomic E-state index is 9.70. The van der Waals surface area contributed by atoms with Crippen LogP contribution in [0.4, 0.5) is 5.69 Å². The van der Waals surface area contributed by atoms with E-state index in [0.717, 1.165) is 43.1 Å². The second-order valence-corrected chi connectivity index (χ2v) is 22.3. The fourth-order valence-electron chi connectivity index (χ4n) is 3.87. The Morgan fingerprint density at radius 3 is 2.50 bits per heavy atom. The lowest BCUT2D eigenvalue weighted by molar-refractivity contribution is 0.0902. The molecule has 0 N–H and O–H groups in total. The fourth-order valence-corrected chi connectivity index (χ4v) is 6.01. The van der Waals surface area contributed by atoms with Crippen molar-refractivity contribution in [2.24, 2.45) is 0 Å². The van der Waals surface area contributed by atoms with Crippen LogP contribution in [0.1, 0.15) is 32.8 Å². The normalized spacial score (nSPS) is 17.8. The lowest BCUT2D eigenvalue weighted by atomic mass is 10.1. The Hall–Kier alpha value is -1.60. The van der Waals surface area contributed by atoms with Crippen LogP contribution in [-0.2, 0) is 15.9 Å². The second kappa shape index (κ2) is 9.34. The first-order valence-electron chi connectivity index (χ1n) is 11.8. The minimum Gasteiger partial charge on any atom is -0.412 e. The van der Waals surface area contributed by atoms with E-state index in [2.05, 4.69) is 87.2 Å². The molecule has 1 unspecified atom stereocenters. The number of hydrogen-bond acceptors (Lipinski definition) is 4. The Balaban J connectivity index is 1.71. The minimum absolute atomic E-state index is 0.223. The Morgan fingerprint density at radius 2 is 1.88 bits per heavy atom. The highest BCUT2D eigenvalue weighted by Gasteiger charge is 2.40. The zero-order valence-corrected chi connectivity index (χ0v) is 23.3. The van der Waals surface area contributed by atoms with Gasteiger partial charge in [0.05, 0.1) is 17.2 Å². The summed E-state index contributed by atoms with van der Waals surface area (Å²) >= 11 is 0. The van der Waals surface area contributed by atoms with Gasteiger partial charge in [0.1, 0.15) is 12.8 Å². The van der Waals surface area contributed by atoms with E-state index in [4.69, 9.17) is 9.16 Å². The molecule has 0 radical (unpaired) electrons. The van der Waals surface area contributed by atoms with Crippen molar-refractivity contribution in [2.75, 3.05) is 24.6 Å². The van der Waals surface area contributed by atoms with Crippen molar-refractivity contribution in [3.8, 4) is 6.07 Å². The number of aromatic nitrogens is 1. The summed E-state index contributed by atoms with van der Waals surface area (Å²) in [7, 11) is -2.87. The lowest BCUT2D eigenvalue weighted by Gasteiger charge is -2.38. The van der Waals surface area contributed by atoms with Crippen LogP contribution in [0.15, 0.2) is 24.4 Å². The highest BCUT2D eigenvalue weighted by Crippen LogP contribution is 2.39. The number of ether oxygens (including phenoxy) is 1. The molecular weight excluding hydrogens is 430 g/mol. The molecule has 0 aliphatic carbocycles. The van der Waals surface area contributed by atoms with Gasteiger partial charge >= 0.3 is 0 Å². The Morgan fingerprint density at radius 1 is 1.16 bits per heavy atom. The number of benzene rings is 1. The highest BCUT2D eigenvalue weighted by molar-refractivity contribution is 6.76. The standard InChI is InChI=1S/C25H41N3O2Si2/c1-25(2,3)32(7,8)30-22-11-12-27(18-22)21-9-10-24-23(15-21)20(16-26)17-28(24)19-29-13-14-31(4,5)6/h9-10,15,17,22H,11-14,18-19H2,1-8H3. The molecule has 0 spiro atoms. The summed E-state index contributed by atoms with van der Waals surface area (Å²) in [5, 5.41) is 10.9. The predicted octanol–water partition coefficient (Wildman–Crippen LogP) is 6.43. The second-order valence-electron chi connectivity index (χ2n) is 11.9. The zero-order valence-electron chi connectivity index (χ0n) is 21.3. The smallest absolute Gasteiger partial charge is 0.192 e. The SMILES string of the molecule is CC(C)(C)[Si](C)(C)OC1CCN(c2ccc3c(c2)c(C#N)cn3COCC[Si](C)(C)C)C1. The number of nitriles is 1. The maximum Gasteiger partial charge on any atom is 0.192 e. The average molecular weight is 472 g/mol. The van der Waals surface area contributed by atoms with E-state index in [-0.39, 0.29) is 11.1 Å². The van der Waals surface area contributed by atoms with Gasteiger partial charge in [0.25, 0.3) is 0 Å². The van der Waals surface area contributed by atoms with Crippen LogP contribution in [0, 0.1) is 11.3 Å². The van der Waals surface area contributed by atoms with Crippen molar-refractivity contribution in [1.82, 2.24) is 4.57 Å². The molecule has 1 saturated heterocycles. The van der Waals surface area contributed by atoms with Crippen LogP contribution in [-0.4, -0.2) is 46.8 Å². The first-order chi connectivity index (χ1) is 14.8. The summed E-state index contributed by atoms with van der Waals surface area (Å²) in [6.07, 6.45) is 3.27. The van der Waals surface area contributed by atoms with Gasteiger partial charge in [-0.25, -0.2) is 0 Å². The van der Waals surface area contributed by atoms with Gasteiger partial charge in [0.2, 0.25) is 0 Å². The van der Waals surface area contributed by atoms with Crippen molar-refractivity contribution in [2.45, 2.75) is 83.8 Å². The monoisotopic (exact) mass is 471 g/mol. The van der Waals surface area contributed by atoms with E-state index < -0.39 is 16.4 Å². The van der Waals surface area contributed by atoms with E-state index in [0.29, 0.717) is 12.3 Å². The summed E-state index contributed by atoms with van der Waals surface area (Å²) < 4.78 is 14.7. The summed E-state index contributed by atoms with van der Waals surface area (Å²) in [6, 6.07) is 10.00. The topological polar surface area (TPSA) is 50.4 Å². The molecule has 1 aliphatic rings. The molecule has 3 rings (SSSR count). The van der Waals surface area contributed by atoms with Gasteiger partial charge in [-0.15, -0.1) is 0 Å². The van der Waals surface area contributed by atoms with Gasteiger partial charge < -0.3 is 18.6 Å². The molecule has 1 aromatic heterocycles. The van der Waals surface area contributed by atoms with E-state index >= 15 is 0 Å². The van der Waals surface area contributed by atoms with E-state index in [1.165, 1.54) is 5.69 Å². The number of nitrogens with zero attached hydrogens (tertiary/aromatic N) is 3. The van der Waals surface area contributed by atoms with Gasteiger partial charge in [-0.2, -0.15) is 5.26 Å². The summed E-state index contributed by atoms with van der Waals surface area (Å²) in [5.41, 5.74) is 2.95. The molecule has 176 valence electrons. The van der Waals surface area contributed by atoms with Gasteiger partial charge in [0, 0.05) is 45.0 Å². The molecule has 1 fully saturated rings. The van der Waals surface area contributed by atoms with Crippen molar-refractivity contribution >= 4 is 33.0 Å². The molecule has 5 nitrogen and oxygen atoms in total. The molecule has 0 amide bonds. The first kappa shape index (κ1) is 25.0. The van der Waals surface area contributed by atoms with Crippen LogP contribution in [0.3, 0.4) is 0 Å². The molecule has 32 heavy (non-hydrogen) atoms. The molecular formula is C25H41N3O2Si2. The van der Waals surface area contributed by atoms with Gasteiger partial charge in [-0.05, 0) is 48.8 Å². The third kappa shape index (κ3) is 5.85. The Labute approximate surface area is 196 Å². The van der Waals surface area contributed by atoms with Gasteiger partial charge in [-0.3, -0.25) is 0 Å². The highest BCUT2D eigenvalue weighted by atomic mass is 28.4. The number of rotatable bonds is 8. The first-order valence-corrected chi connectivity index (χ1v) is 18.5. The largest absolute Gasteiger partial charge is 0.412 e. The Kier molecular flexibility index (Phi) is 7.31. The third-order valence-electron chi connectivity index (χ3n) is 6.99. The molecule has 1 aromatic carbocycles. The van der Waals surface area contributed by atoms with Crippen LogP contribution < -0.4 is 4.90 Å². The van der Waals surface area contributed by atoms with Crippen LogP contribution in [0.25, 0.3) is 10.9 Å². The third-order valence-corrected chi connectivity index (χ3v) is 13.2. The van der Waals surface area contributed by atoms with Gasteiger partial charge in [-0.1, -0.05) is 40.4 Å². The fraction of sp³-hybridized carbons (Fsp3) is 0.640. The summed E-state index contributed by atoms with van der Waals surface area (Å²) in [5.74, 6) is 0. The number of fused-ring (bicyclic) bond motifs is 1. The molecule has 0 bridgehead atoms. The minimum atomic E-state index is -1.77. The van der Waals surface area contributed by atoms with Crippen molar-refractivity contribution < 1.29 is 9.16 Å². The van der Waals surface area contributed by atoms with Crippen LogP contribution in [0.2, 0.25) is 43.8 Å². The van der Waals surface area contributed by atoms with Crippen molar-refractivity contribution in [1.29, 1.82) is 5.26 Å². The van der Waals surface area contributed by atoms with E-state index in [1.807, 2.05) is 6.20 Å². The molecule has 1 aliphatic heterocycles. The lowest BCUT2D eigenvalue weighted by Crippen LogP contribution is -2.44. The molecule has 1 atom stereocenters. The summed E-state index contributed by atoms with van der Waals surface area (Å²) in [6.45, 7) is 21.8. The van der Waals surface area contributed by atoms with Crippen molar-refractivity contribution in [3.05, 3.63) is 30.0 Å². The predicted molar refractivity (Wildman–Crippen MR) is 140 cm³/mol. The quantitative estimate of drug-likeness (QED) is 0.329.